The van der Waals surface area contributed by atoms with Crippen molar-refractivity contribution in [3.8, 4) is 16.9 Å². The summed E-state index contributed by atoms with van der Waals surface area (Å²) in [6.07, 6.45) is 1.05. The Labute approximate surface area is 114 Å². The van der Waals surface area contributed by atoms with Gasteiger partial charge >= 0.3 is 0 Å². The van der Waals surface area contributed by atoms with Gasteiger partial charge in [-0.3, -0.25) is 0 Å². The molecule has 0 saturated carbocycles. The lowest BCUT2D eigenvalue weighted by Gasteiger charge is -2.12. The van der Waals surface area contributed by atoms with Crippen LogP contribution < -0.4 is 10.5 Å². The molecule has 3 rings (SSSR count). The maximum Gasteiger partial charge on any atom is 0.130 e. The Bertz CT molecular complexity index is 619. The Hall–Kier alpha value is -1.80. The highest BCUT2D eigenvalue weighted by Gasteiger charge is 2.25. The van der Waals surface area contributed by atoms with E-state index < -0.39 is 0 Å². The fourth-order valence-corrected chi connectivity index (χ4v) is 2.75. The Morgan fingerprint density at radius 2 is 2.00 bits per heavy atom. The average Bonchev–Trinajstić information content (AvgIpc) is 2.80. The number of hydrogen-bond acceptors (Lipinski definition) is 2. The van der Waals surface area contributed by atoms with Crippen molar-refractivity contribution >= 4 is 0 Å². The van der Waals surface area contributed by atoms with Crippen molar-refractivity contribution in [2.24, 2.45) is 5.73 Å². The van der Waals surface area contributed by atoms with E-state index in [1.807, 2.05) is 0 Å². The first kappa shape index (κ1) is 12.2. The molecule has 1 aliphatic rings. The zero-order chi connectivity index (χ0) is 13.4. The smallest absolute Gasteiger partial charge is 0.130 e. The van der Waals surface area contributed by atoms with Gasteiger partial charge in [-0.05, 0) is 36.6 Å². The van der Waals surface area contributed by atoms with Gasteiger partial charge in [0.2, 0.25) is 0 Å². The molecule has 0 bridgehead atoms. The number of ether oxygens (including phenoxy) is 1. The largest absolute Gasteiger partial charge is 0.488 e. The van der Waals surface area contributed by atoms with Gasteiger partial charge in [-0.15, -0.1) is 0 Å². The predicted molar refractivity (Wildman–Crippen MR) is 78.5 cm³/mol. The van der Waals surface area contributed by atoms with Gasteiger partial charge < -0.3 is 10.5 Å². The number of hydrogen-bond donors (Lipinski definition) is 1. The fourth-order valence-electron chi connectivity index (χ4n) is 2.75. The number of benzene rings is 2. The molecule has 19 heavy (non-hydrogen) atoms. The van der Waals surface area contributed by atoms with Crippen molar-refractivity contribution in [3.05, 3.63) is 53.1 Å². The quantitative estimate of drug-likeness (QED) is 0.891. The van der Waals surface area contributed by atoms with Gasteiger partial charge in [-0.1, -0.05) is 35.9 Å². The Morgan fingerprint density at radius 3 is 2.74 bits per heavy atom. The van der Waals surface area contributed by atoms with Crippen LogP contribution in [-0.4, -0.2) is 12.6 Å². The van der Waals surface area contributed by atoms with Crippen molar-refractivity contribution < 1.29 is 4.74 Å². The van der Waals surface area contributed by atoms with Gasteiger partial charge in [-0.2, -0.15) is 0 Å². The first-order chi connectivity index (χ1) is 9.17. The fraction of sp³-hybridized carbons (Fsp3) is 0.294. The molecule has 0 aromatic heterocycles. The Morgan fingerprint density at radius 1 is 1.16 bits per heavy atom. The van der Waals surface area contributed by atoms with E-state index in [0.717, 1.165) is 12.2 Å². The minimum absolute atomic E-state index is 0.125. The summed E-state index contributed by atoms with van der Waals surface area (Å²) in [5.41, 5.74) is 12.0. The molecule has 2 heteroatoms. The number of nitrogens with two attached hydrogens (primary N) is 1. The van der Waals surface area contributed by atoms with Crippen molar-refractivity contribution in [2.45, 2.75) is 26.4 Å². The summed E-state index contributed by atoms with van der Waals surface area (Å²) in [7, 11) is 0. The first-order valence-corrected chi connectivity index (χ1v) is 6.74. The highest BCUT2D eigenvalue weighted by molar-refractivity contribution is 5.74. The minimum atomic E-state index is 0.125. The van der Waals surface area contributed by atoms with E-state index in [4.69, 9.17) is 10.5 Å². The normalized spacial score (nSPS) is 17.1. The van der Waals surface area contributed by atoms with Gasteiger partial charge in [0.1, 0.15) is 11.9 Å². The molecule has 1 aliphatic heterocycles. The number of aryl methyl sites for hydroxylation is 2. The van der Waals surface area contributed by atoms with Crippen LogP contribution in [0.3, 0.4) is 0 Å². The maximum absolute atomic E-state index is 6.01. The highest BCUT2D eigenvalue weighted by Crippen LogP contribution is 2.39. The molecule has 0 aliphatic carbocycles. The van der Waals surface area contributed by atoms with Crippen molar-refractivity contribution in [1.82, 2.24) is 0 Å². The second-order valence-electron chi connectivity index (χ2n) is 5.35. The van der Waals surface area contributed by atoms with Crippen LogP contribution in [0.25, 0.3) is 11.1 Å². The molecular formula is C17H19NO. The molecule has 98 valence electrons. The number of fused-ring (bicyclic) bond motifs is 1. The van der Waals surface area contributed by atoms with E-state index in [2.05, 4.69) is 50.2 Å². The second kappa shape index (κ2) is 4.71. The van der Waals surface area contributed by atoms with Crippen LogP contribution in [-0.2, 0) is 6.42 Å². The van der Waals surface area contributed by atoms with E-state index in [-0.39, 0.29) is 6.10 Å². The third-order valence-electron chi connectivity index (χ3n) is 3.63. The summed E-state index contributed by atoms with van der Waals surface area (Å²) in [5.74, 6) is 1.02. The van der Waals surface area contributed by atoms with Gasteiger partial charge in [-0.25, -0.2) is 0 Å². The van der Waals surface area contributed by atoms with E-state index in [1.165, 1.54) is 27.8 Å². The summed E-state index contributed by atoms with van der Waals surface area (Å²) in [5, 5.41) is 0. The molecule has 1 heterocycles. The molecule has 2 nitrogen and oxygen atoms in total. The van der Waals surface area contributed by atoms with Crippen LogP contribution >= 0.6 is 0 Å². The molecule has 0 fully saturated rings. The van der Waals surface area contributed by atoms with Crippen LogP contribution in [0.2, 0.25) is 0 Å². The molecule has 0 spiro atoms. The molecule has 1 atom stereocenters. The maximum atomic E-state index is 6.01. The summed E-state index contributed by atoms with van der Waals surface area (Å²) >= 11 is 0. The molecule has 0 radical (unpaired) electrons. The van der Waals surface area contributed by atoms with Gasteiger partial charge in [0.05, 0.1) is 0 Å². The van der Waals surface area contributed by atoms with E-state index in [9.17, 15) is 0 Å². The van der Waals surface area contributed by atoms with Crippen LogP contribution in [0.4, 0.5) is 0 Å². The number of rotatable bonds is 2. The van der Waals surface area contributed by atoms with Gasteiger partial charge in [0.15, 0.2) is 0 Å². The molecule has 0 saturated heterocycles. The summed E-state index contributed by atoms with van der Waals surface area (Å²) < 4.78 is 6.01. The standard InChI is InChI=1S/C17H19NO/c1-11-4-3-5-13(6-11)16-8-12(2)7-14-9-15(10-18)19-17(14)16/h3-8,15H,9-10,18H2,1-2H3/t15-/m0/s1. The van der Waals surface area contributed by atoms with Crippen LogP contribution in [0.1, 0.15) is 16.7 Å². The monoisotopic (exact) mass is 253 g/mol. The molecule has 0 unspecified atom stereocenters. The van der Waals surface area contributed by atoms with Crippen LogP contribution in [0.15, 0.2) is 36.4 Å². The van der Waals surface area contributed by atoms with Gasteiger partial charge in [0, 0.05) is 18.5 Å². The molecule has 2 aromatic rings. The van der Waals surface area contributed by atoms with Crippen molar-refractivity contribution in [1.29, 1.82) is 0 Å². The van der Waals surface area contributed by atoms with E-state index in [0.29, 0.717) is 6.54 Å². The molecule has 2 N–H and O–H groups in total. The SMILES string of the molecule is Cc1cccc(-c2cc(C)cc3c2O[C@H](CN)C3)c1. The minimum Gasteiger partial charge on any atom is -0.488 e. The summed E-state index contributed by atoms with van der Waals surface area (Å²) in [4.78, 5) is 0. The second-order valence-corrected chi connectivity index (χ2v) is 5.35. The summed E-state index contributed by atoms with van der Waals surface area (Å²) in [6, 6.07) is 13.0. The lowest BCUT2D eigenvalue weighted by molar-refractivity contribution is 0.242. The Kier molecular flexibility index (Phi) is 3.03. The highest BCUT2D eigenvalue weighted by atomic mass is 16.5. The average molecular weight is 253 g/mol. The summed E-state index contributed by atoms with van der Waals surface area (Å²) in [6.45, 7) is 4.82. The topological polar surface area (TPSA) is 35.2 Å². The van der Waals surface area contributed by atoms with Crippen LogP contribution in [0, 0.1) is 13.8 Å². The van der Waals surface area contributed by atoms with E-state index in [1.54, 1.807) is 0 Å². The van der Waals surface area contributed by atoms with Crippen molar-refractivity contribution in [3.63, 3.8) is 0 Å². The third kappa shape index (κ3) is 2.24. The first-order valence-electron chi connectivity index (χ1n) is 6.74. The lowest BCUT2D eigenvalue weighted by atomic mass is 9.97. The van der Waals surface area contributed by atoms with Gasteiger partial charge in [0.25, 0.3) is 0 Å². The molecule has 0 amide bonds. The zero-order valence-corrected chi connectivity index (χ0v) is 11.4. The third-order valence-corrected chi connectivity index (χ3v) is 3.63. The van der Waals surface area contributed by atoms with E-state index >= 15 is 0 Å². The molecule has 2 aromatic carbocycles. The molecular weight excluding hydrogens is 234 g/mol. The lowest BCUT2D eigenvalue weighted by Crippen LogP contribution is -2.24. The predicted octanol–water partition coefficient (Wildman–Crippen LogP) is 3.23. The van der Waals surface area contributed by atoms with Crippen LogP contribution in [0.5, 0.6) is 5.75 Å². The zero-order valence-electron chi connectivity index (χ0n) is 11.4. The Balaban J connectivity index is 2.13. The van der Waals surface area contributed by atoms with Crippen molar-refractivity contribution in [2.75, 3.05) is 6.54 Å².